The fourth-order valence-electron chi connectivity index (χ4n) is 3.66. The van der Waals surface area contributed by atoms with Gasteiger partial charge in [-0.1, -0.05) is 25.3 Å². The molecule has 2 aliphatic rings. The van der Waals surface area contributed by atoms with Gasteiger partial charge < -0.3 is 15.7 Å². The second-order valence-electron chi connectivity index (χ2n) is 5.91. The van der Waals surface area contributed by atoms with E-state index in [0.29, 0.717) is 0 Å². The molecule has 1 heterocycles. The molecule has 2 unspecified atom stereocenters. The minimum atomic E-state index is -0.185. The number of nitrogen functional groups attached to an aromatic ring is 1. The van der Waals surface area contributed by atoms with Crippen LogP contribution < -0.4 is 10.6 Å². The van der Waals surface area contributed by atoms with Crippen molar-refractivity contribution >= 4 is 11.4 Å². The van der Waals surface area contributed by atoms with Gasteiger partial charge in [-0.05, 0) is 43.4 Å². The third-order valence-electron chi connectivity index (χ3n) is 4.67. The van der Waals surface area contributed by atoms with E-state index in [9.17, 15) is 5.11 Å². The molecule has 1 saturated carbocycles. The third kappa shape index (κ3) is 2.44. The van der Waals surface area contributed by atoms with E-state index in [4.69, 9.17) is 5.73 Å². The zero-order chi connectivity index (χ0) is 13.2. The van der Waals surface area contributed by atoms with E-state index in [1.807, 2.05) is 12.1 Å². The van der Waals surface area contributed by atoms with Gasteiger partial charge in [0.15, 0.2) is 0 Å². The first-order valence-electron chi connectivity index (χ1n) is 7.59. The minimum Gasteiger partial charge on any atom is -0.398 e. The predicted octanol–water partition coefficient (Wildman–Crippen LogP) is 2.72. The predicted molar refractivity (Wildman–Crippen MR) is 79.4 cm³/mol. The van der Waals surface area contributed by atoms with Crippen LogP contribution in [0.4, 0.5) is 11.4 Å². The molecule has 1 aromatic carbocycles. The second kappa shape index (κ2) is 5.41. The number of nitrogens with zero attached hydrogens (tertiary/aromatic N) is 1. The Morgan fingerprint density at radius 1 is 1.11 bits per heavy atom. The first-order valence-corrected chi connectivity index (χ1v) is 7.59. The highest BCUT2D eigenvalue weighted by atomic mass is 16.3. The van der Waals surface area contributed by atoms with Crippen LogP contribution in [0.3, 0.4) is 0 Å². The van der Waals surface area contributed by atoms with Gasteiger partial charge in [-0.25, -0.2) is 0 Å². The summed E-state index contributed by atoms with van der Waals surface area (Å²) in [5.74, 6) is 0. The largest absolute Gasteiger partial charge is 0.398 e. The van der Waals surface area contributed by atoms with Crippen LogP contribution in [0.5, 0.6) is 0 Å². The summed E-state index contributed by atoms with van der Waals surface area (Å²) in [6.07, 6.45) is 7.73. The van der Waals surface area contributed by atoms with Gasteiger partial charge >= 0.3 is 0 Å². The number of anilines is 2. The van der Waals surface area contributed by atoms with Gasteiger partial charge in [0.1, 0.15) is 0 Å². The summed E-state index contributed by atoms with van der Waals surface area (Å²) in [5.41, 5.74) is 9.56. The molecule has 0 amide bonds. The van der Waals surface area contributed by atoms with Crippen LogP contribution >= 0.6 is 0 Å². The summed E-state index contributed by atoms with van der Waals surface area (Å²) in [7, 11) is 0. The maximum absolute atomic E-state index is 10.4. The molecular weight excluding hydrogens is 236 g/mol. The van der Waals surface area contributed by atoms with Gasteiger partial charge in [0.05, 0.1) is 12.1 Å². The summed E-state index contributed by atoms with van der Waals surface area (Å²) in [5, 5.41) is 10.4. The molecule has 104 valence electrons. The normalized spacial score (nSPS) is 27.7. The molecule has 1 aliphatic carbocycles. The lowest BCUT2D eigenvalue weighted by Crippen LogP contribution is -2.45. The summed E-state index contributed by atoms with van der Waals surface area (Å²) in [4.78, 5) is 2.42. The monoisotopic (exact) mass is 260 g/mol. The Hall–Kier alpha value is -1.22. The Morgan fingerprint density at radius 3 is 2.84 bits per heavy atom. The lowest BCUT2D eigenvalue weighted by Gasteiger charge is -2.40. The number of benzene rings is 1. The fourth-order valence-corrected chi connectivity index (χ4v) is 3.66. The van der Waals surface area contributed by atoms with Crippen molar-refractivity contribution in [3.63, 3.8) is 0 Å². The zero-order valence-corrected chi connectivity index (χ0v) is 11.5. The molecule has 0 radical (unpaired) electrons. The first-order chi connectivity index (χ1) is 9.27. The molecule has 3 N–H and O–H groups in total. The number of aliphatic hydroxyl groups is 1. The Balaban J connectivity index is 1.92. The van der Waals surface area contributed by atoms with Gasteiger partial charge in [0, 0.05) is 17.9 Å². The molecule has 1 aliphatic heterocycles. The highest BCUT2D eigenvalue weighted by Crippen LogP contribution is 2.35. The van der Waals surface area contributed by atoms with Crippen LogP contribution in [-0.2, 0) is 6.42 Å². The quantitative estimate of drug-likeness (QED) is 0.603. The summed E-state index contributed by atoms with van der Waals surface area (Å²) in [6.45, 7) is 1.05. The van der Waals surface area contributed by atoms with Crippen LogP contribution in [0.2, 0.25) is 0 Å². The molecule has 3 rings (SSSR count). The van der Waals surface area contributed by atoms with Crippen LogP contribution in [-0.4, -0.2) is 23.8 Å². The van der Waals surface area contributed by atoms with Gasteiger partial charge in [0.2, 0.25) is 0 Å². The Kier molecular flexibility index (Phi) is 3.65. The first kappa shape index (κ1) is 12.8. The average Bonchev–Trinajstić information content (AvgIpc) is 2.63. The highest BCUT2D eigenvalue weighted by Gasteiger charge is 2.30. The second-order valence-corrected chi connectivity index (χ2v) is 5.91. The highest BCUT2D eigenvalue weighted by molar-refractivity contribution is 5.66. The van der Waals surface area contributed by atoms with Gasteiger partial charge in [-0.15, -0.1) is 0 Å². The van der Waals surface area contributed by atoms with Crippen LogP contribution in [0, 0.1) is 0 Å². The molecule has 2 atom stereocenters. The minimum absolute atomic E-state index is 0.185. The van der Waals surface area contributed by atoms with E-state index in [-0.39, 0.29) is 12.1 Å². The number of aliphatic hydroxyl groups excluding tert-OH is 1. The van der Waals surface area contributed by atoms with Crippen molar-refractivity contribution in [2.24, 2.45) is 0 Å². The molecule has 1 fully saturated rings. The van der Waals surface area contributed by atoms with Gasteiger partial charge in [-0.3, -0.25) is 0 Å². The van der Waals surface area contributed by atoms with Crippen molar-refractivity contribution in [1.29, 1.82) is 0 Å². The van der Waals surface area contributed by atoms with E-state index in [1.165, 1.54) is 24.1 Å². The molecule has 3 heteroatoms. The van der Waals surface area contributed by atoms with Crippen molar-refractivity contribution in [3.8, 4) is 0 Å². The molecule has 0 bridgehead atoms. The zero-order valence-electron chi connectivity index (χ0n) is 11.5. The molecule has 3 nitrogen and oxygen atoms in total. The Bertz CT molecular complexity index is 446. The molecule has 19 heavy (non-hydrogen) atoms. The number of rotatable bonds is 1. The summed E-state index contributed by atoms with van der Waals surface area (Å²) < 4.78 is 0. The van der Waals surface area contributed by atoms with Crippen molar-refractivity contribution < 1.29 is 5.11 Å². The molecule has 1 aromatic rings. The van der Waals surface area contributed by atoms with Gasteiger partial charge in [0.25, 0.3) is 0 Å². The van der Waals surface area contributed by atoms with E-state index in [0.717, 1.165) is 44.3 Å². The van der Waals surface area contributed by atoms with Crippen LogP contribution in [0.1, 0.15) is 44.1 Å². The molecule has 0 saturated heterocycles. The van der Waals surface area contributed by atoms with Crippen molar-refractivity contribution in [2.75, 3.05) is 17.2 Å². The number of nitrogens with two attached hydrogens (primary N) is 1. The maximum atomic E-state index is 10.4. The lowest BCUT2D eigenvalue weighted by atomic mass is 9.95. The van der Waals surface area contributed by atoms with Crippen LogP contribution in [0.15, 0.2) is 18.2 Å². The Morgan fingerprint density at radius 2 is 1.95 bits per heavy atom. The lowest BCUT2D eigenvalue weighted by molar-refractivity contribution is 0.132. The van der Waals surface area contributed by atoms with E-state index in [1.54, 1.807) is 0 Å². The number of hydrogen-bond donors (Lipinski definition) is 2. The SMILES string of the molecule is Nc1cccc2c1CCCN2C1CCCCCC1O. The summed E-state index contributed by atoms with van der Waals surface area (Å²) >= 11 is 0. The van der Waals surface area contributed by atoms with E-state index >= 15 is 0 Å². The fraction of sp³-hybridized carbons (Fsp3) is 0.625. The van der Waals surface area contributed by atoms with Crippen molar-refractivity contribution in [2.45, 2.75) is 57.1 Å². The van der Waals surface area contributed by atoms with Gasteiger partial charge in [-0.2, -0.15) is 0 Å². The number of fused-ring (bicyclic) bond motifs is 1. The molecule has 0 aromatic heterocycles. The smallest absolute Gasteiger partial charge is 0.0743 e. The standard InChI is InChI=1S/C16H24N2O/c17-13-7-4-9-14-12(13)6-5-11-18(14)15-8-2-1-3-10-16(15)19/h4,7,9,15-16,19H,1-3,5-6,8,10-11,17H2. The van der Waals surface area contributed by atoms with E-state index < -0.39 is 0 Å². The van der Waals surface area contributed by atoms with E-state index in [2.05, 4.69) is 11.0 Å². The topological polar surface area (TPSA) is 49.5 Å². The molecular formula is C16H24N2O. The third-order valence-corrected chi connectivity index (χ3v) is 4.67. The average molecular weight is 260 g/mol. The number of hydrogen-bond acceptors (Lipinski definition) is 3. The molecule has 0 spiro atoms. The van der Waals surface area contributed by atoms with Crippen LogP contribution in [0.25, 0.3) is 0 Å². The summed E-state index contributed by atoms with van der Waals surface area (Å²) in [6, 6.07) is 6.48. The van der Waals surface area contributed by atoms with Crippen molar-refractivity contribution in [3.05, 3.63) is 23.8 Å². The Labute approximate surface area is 115 Å². The maximum Gasteiger partial charge on any atom is 0.0743 e. The van der Waals surface area contributed by atoms with Crippen molar-refractivity contribution in [1.82, 2.24) is 0 Å².